The van der Waals surface area contributed by atoms with Gasteiger partial charge in [0.25, 0.3) is 0 Å². The minimum Gasteiger partial charge on any atom is -0.491 e. The molecule has 0 unspecified atom stereocenters. The van der Waals surface area contributed by atoms with Gasteiger partial charge in [0.15, 0.2) is 11.5 Å². The van der Waals surface area contributed by atoms with Crippen LogP contribution in [0, 0.1) is 0 Å². The molecule has 0 amide bonds. The third-order valence-corrected chi connectivity index (χ3v) is 7.29. The van der Waals surface area contributed by atoms with E-state index in [1.807, 2.05) is 24.3 Å². The number of ether oxygens (including phenoxy) is 2. The Balaban J connectivity index is 1.42. The van der Waals surface area contributed by atoms with E-state index in [-0.39, 0.29) is 18.2 Å². The molecule has 1 saturated heterocycles. The number of nitrogens with two attached hydrogens (primary N) is 1. The molecule has 38 heavy (non-hydrogen) atoms. The molecule has 2 atom stereocenters. The van der Waals surface area contributed by atoms with Crippen molar-refractivity contribution < 1.29 is 22.6 Å². The number of alkyl halides is 3. The number of aromatic nitrogens is 4. The summed E-state index contributed by atoms with van der Waals surface area (Å²) in [7, 11) is 1.63. The molecule has 6 rings (SSSR count). The van der Waals surface area contributed by atoms with Crippen LogP contribution in [-0.4, -0.2) is 70.1 Å². The molecule has 8 nitrogen and oxygen atoms in total. The van der Waals surface area contributed by atoms with Gasteiger partial charge in [0.05, 0.1) is 12.1 Å². The van der Waals surface area contributed by atoms with E-state index in [2.05, 4.69) is 10.2 Å². The van der Waals surface area contributed by atoms with Crippen LogP contribution in [0.25, 0.3) is 28.1 Å². The molecule has 4 heterocycles. The van der Waals surface area contributed by atoms with Crippen LogP contribution in [0.15, 0.2) is 42.6 Å². The van der Waals surface area contributed by atoms with Crippen LogP contribution in [-0.2, 0) is 4.74 Å². The Kier molecular flexibility index (Phi) is 6.45. The first kappa shape index (κ1) is 25.0. The van der Waals surface area contributed by atoms with Crippen LogP contribution >= 0.6 is 0 Å². The fraction of sp³-hybridized carbons (Fsp3) is 0.444. The van der Waals surface area contributed by atoms with Crippen LogP contribution in [0.4, 0.5) is 13.2 Å². The number of nitrogens with zero attached hydrogens (tertiary/aromatic N) is 5. The summed E-state index contributed by atoms with van der Waals surface area (Å²) in [6.45, 7) is 1.40. The minimum atomic E-state index is -4.45. The van der Waals surface area contributed by atoms with Gasteiger partial charge in [0.1, 0.15) is 24.1 Å². The van der Waals surface area contributed by atoms with Crippen molar-refractivity contribution in [2.24, 2.45) is 5.73 Å². The Bertz CT molecular complexity index is 1470. The smallest absolute Gasteiger partial charge is 0.408 e. The van der Waals surface area contributed by atoms with Crippen molar-refractivity contribution in [3.05, 3.63) is 53.7 Å². The number of fused-ring (bicyclic) bond motifs is 2. The van der Waals surface area contributed by atoms with Crippen molar-refractivity contribution in [2.45, 2.75) is 43.4 Å². The molecule has 11 heteroatoms. The average Bonchev–Trinajstić information content (AvgIpc) is 3.50. The Morgan fingerprint density at radius 2 is 1.87 bits per heavy atom. The first-order valence-electron chi connectivity index (χ1n) is 12.8. The van der Waals surface area contributed by atoms with E-state index in [1.54, 1.807) is 17.6 Å². The van der Waals surface area contributed by atoms with E-state index in [1.165, 1.54) is 17.2 Å². The van der Waals surface area contributed by atoms with Crippen molar-refractivity contribution in [3.63, 3.8) is 0 Å². The number of benzene rings is 1. The Morgan fingerprint density at radius 1 is 1.05 bits per heavy atom. The molecule has 3 aromatic heterocycles. The molecule has 1 saturated carbocycles. The number of pyridine rings is 2. The number of halogens is 3. The van der Waals surface area contributed by atoms with Gasteiger partial charge in [0.2, 0.25) is 0 Å². The summed E-state index contributed by atoms with van der Waals surface area (Å²) in [5.41, 5.74) is 8.89. The summed E-state index contributed by atoms with van der Waals surface area (Å²) >= 11 is 0. The highest BCUT2D eigenvalue weighted by atomic mass is 19.4. The lowest BCUT2D eigenvalue weighted by molar-refractivity contribution is -0.183. The second kappa shape index (κ2) is 9.79. The van der Waals surface area contributed by atoms with Crippen LogP contribution < -0.4 is 10.5 Å². The predicted octanol–water partition coefficient (Wildman–Crippen LogP) is 4.48. The molecule has 4 aromatic rings. The lowest BCUT2D eigenvalue weighted by Gasteiger charge is -2.30. The summed E-state index contributed by atoms with van der Waals surface area (Å²) in [4.78, 5) is 6.34. The standard InChI is InChI=1S/C27H29F3N6O2/c1-37-12-13-38-21-8-5-17-4-7-20(32-24(17)23(21)16-2-3-16)26-34-33-22-9-6-18(14-36(22)26)25(27(28,29)30)35-11-10-19(31)15-35/h4-9,14,16,19,25H,2-3,10-13,15,31H2,1H3/t19-,25+/m0/s1. The topological polar surface area (TPSA) is 90.8 Å². The van der Waals surface area contributed by atoms with Crippen molar-refractivity contribution >= 4 is 16.6 Å². The molecule has 1 aromatic carbocycles. The van der Waals surface area contributed by atoms with E-state index in [0.717, 1.165) is 35.1 Å². The van der Waals surface area contributed by atoms with E-state index >= 15 is 0 Å². The second-order valence-electron chi connectivity index (χ2n) is 10.1. The molecule has 0 spiro atoms. The number of likely N-dealkylation sites (tertiary alicyclic amines) is 1. The number of hydrogen-bond acceptors (Lipinski definition) is 7. The number of rotatable bonds is 8. The van der Waals surface area contributed by atoms with E-state index in [4.69, 9.17) is 20.2 Å². The highest BCUT2D eigenvalue weighted by Gasteiger charge is 2.46. The van der Waals surface area contributed by atoms with Crippen LogP contribution in [0.5, 0.6) is 5.75 Å². The van der Waals surface area contributed by atoms with E-state index in [9.17, 15) is 13.2 Å². The van der Waals surface area contributed by atoms with Gasteiger partial charge in [-0.05, 0) is 55.0 Å². The highest BCUT2D eigenvalue weighted by molar-refractivity contribution is 5.87. The summed E-state index contributed by atoms with van der Waals surface area (Å²) in [6, 6.07) is 8.74. The monoisotopic (exact) mass is 526 g/mol. The summed E-state index contributed by atoms with van der Waals surface area (Å²) in [5.74, 6) is 1.53. The molecule has 2 N–H and O–H groups in total. The Labute approximate surface area is 217 Å². The Morgan fingerprint density at radius 3 is 2.58 bits per heavy atom. The van der Waals surface area contributed by atoms with Crippen molar-refractivity contribution in [3.8, 4) is 17.3 Å². The summed E-state index contributed by atoms with van der Waals surface area (Å²) in [5, 5.41) is 9.47. The van der Waals surface area contributed by atoms with Gasteiger partial charge in [-0.2, -0.15) is 13.2 Å². The normalized spacial score (nSPS) is 19.4. The zero-order valence-corrected chi connectivity index (χ0v) is 21.0. The predicted molar refractivity (Wildman–Crippen MR) is 136 cm³/mol. The lowest BCUT2D eigenvalue weighted by atomic mass is 10.0. The van der Waals surface area contributed by atoms with Gasteiger partial charge in [-0.25, -0.2) is 4.98 Å². The van der Waals surface area contributed by atoms with Gasteiger partial charge in [-0.15, -0.1) is 10.2 Å². The maximum atomic E-state index is 14.2. The molecular weight excluding hydrogens is 497 g/mol. The maximum absolute atomic E-state index is 14.2. The zero-order chi connectivity index (χ0) is 26.4. The number of hydrogen-bond donors (Lipinski definition) is 1. The van der Waals surface area contributed by atoms with Crippen LogP contribution in [0.2, 0.25) is 0 Å². The van der Waals surface area contributed by atoms with E-state index < -0.39 is 12.2 Å². The minimum absolute atomic E-state index is 0.119. The molecule has 1 aliphatic carbocycles. The zero-order valence-electron chi connectivity index (χ0n) is 21.0. The largest absolute Gasteiger partial charge is 0.491 e. The molecule has 0 bridgehead atoms. The highest BCUT2D eigenvalue weighted by Crippen LogP contribution is 2.47. The first-order valence-corrected chi connectivity index (χ1v) is 12.8. The maximum Gasteiger partial charge on any atom is 0.408 e. The third kappa shape index (κ3) is 4.70. The van der Waals surface area contributed by atoms with Crippen LogP contribution in [0.1, 0.15) is 42.3 Å². The van der Waals surface area contributed by atoms with Gasteiger partial charge in [0, 0.05) is 43.4 Å². The third-order valence-electron chi connectivity index (χ3n) is 7.29. The van der Waals surface area contributed by atoms with E-state index in [0.29, 0.717) is 49.3 Å². The first-order chi connectivity index (χ1) is 18.3. The average molecular weight is 527 g/mol. The summed E-state index contributed by atoms with van der Waals surface area (Å²) in [6.07, 6.45) is -0.325. The van der Waals surface area contributed by atoms with Crippen molar-refractivity contribution in [2.75, 3.05) is 33.4 Å². The van der Waals surface area contributed by atoms with Gasteiger partial charge >= 0.3 is 6.18 Å². The molecule has 2 aliphatic rings. The summed E-state index contributed by atoms with van der Waals surface area (Å²) < 4.78 is 55.4. The molecule has 0 radical (unpaired) electrons. The number of methoxy groups -OCH3 is 1. The lowest BCUT2D eigenvalue weighted by Crippen LogP contribution is -2.38. The van der Waals surface area contributed by atoms with Gasteiger partial charge < -0.3 is 15.2 Å². The molecule has 200 valence electrons. The molecule has 2 fully saturated rings. The fourth-order valence-corrected chi connectivity index (χ4v) is 5.34. The quantitative estimate of drug-likeness (QED) is 0.339. The molecular formula is C27H29F3N6O2. The second-order valence-corrected chi connectivity index (χ2v) is 10.1. The Hall–Kier alpha value is -3.28. The fourth-order valence-electron chi connectivity index (χ4n) is 5.34. The van der Waals surface area contributed by atoms with Crippen molar-refractivity contribution in [1.82, 2.24) is 24.5 Å². The van der Waals surface area contributed by atoms with Gasteiger partial charge in [-0.3, -0.25) is 9.30 Å². The molecule has 1 aliphatic heterocycles. The van der Waals surface area contributed by atoms with Crippen molar-refractivity contribution in [1.29, 1.82) is 0 Å². The van der Waals surface area contributed by atoms with Gasteiger partial charge in [-0.1, -0.05) is 12.1 Å². The SMILES string of the molecule is COCCOc1ccc2ccc(-c3nnc4ccc([C@@H](N5CC[C@H](N)C5)C(F)(F)F)cn34)nc2c1C1CC1. The van der Waals surface area contributed by atoms with Crippen LogP contribution in [0.3, 0.4) is 0 Å².